The van der Waals surface area contributed by atoms with Crippen LogP contribution in [0.25, 0.3) is 0 Å². The van der Waals surface area contributed by atoms with Crippen molar-refractivity contribution in [2.75, 3.05) is 26.2 Å². The predicted molar refractivity (Wildman–Crippen MR) is 50.4 cm³/mol. The van der Waals surface area contributed by atoms with Crippen molar-refractivity contribution < 1.29 is 19.4 Å². The van der Waals surface area contributed by atoms with Gasteiger partial charge in [-0.2, -0.15) is 0 Å². The molecule has 2 aliphatic heterocycles. The van der Waals surface area contributed by atoms with Crippen LogP contribution < -0.4 is 5.32 Å². The number of hydrogen-bond acceptors (Lipinski definition) is 5. The standard InChI is InChI=1S/C9H14N2O4/c12-8(13)7-5-10-2-3-11(7)6-1-4-15-9(6)14/h6-7,10H,1-5H2,(H,12,13). The molecule has 2 rings (SSSR count). The largest absolute Gasteiger partial charge is 0.480 e. The second-order valence-corrected chi connectivity index (χ2v) is 3.77. The van der Waals surface area contributed by atoms with E-state index in [1.165, 1.54) is 0 Å². The van der Waals surface area contributed by atoms with E-state index in [2.05, 4.69) is 5.32 Å². The summed E-state index contributed by atoms with van der Waals surface area (Å²) in [4.78, 5) is 24.1. The lowest BCUT2D eigenvalue weighted by Gasteiger charge is -2.35. The molecule has 2 heterocycles. The summed E-state index contributed by atoms with van der Waals surface area (Å²) in [5.41, 5.74) is 0. The van der Waals surface area contributed by atoms with E-state index in [1.54, 1.807) is 4.90 Å². The third-order valence-electron chi connectivity index (χ3n) is 2.88. The van der Waals surface area contributed by atoms with Gasteiger partial charge in [-0.1, -0.05) is 0 Å². The fourth-order valence-corrected chi connectivity index (χ4v) is 2.11. The molecule has 2 atom stereocenters. The second-order valence-electron chi connectivity index (χ2n) is 3.77. The lowest BCUT2D eigenvalue weighted by Crippen LogP contribution is -2.59. The minimum atomic E-state index is -0.887. The van der Waals surface area contributed by atoms with E-state index in [-0.39, 0.29) is 12.0 Å². The van der Waals surface area contributed by atoms with Crippen molar-refractivity contribution in [3.8, 4) is 0 Å². The van der Waals surface area contributed by atoms with E-state index in [9.17, 15) is 9.59 Å². The molecule has 0 aromatic carbocycles. The number of esters is 1. The van der Waals surface area contributed by atoms with Crippen LogP contribution in [0.5, 0.6) is 0 Å². The van der Waals surface area contributed by atoms with E-state index in [0.717, 1.165) is 0 Å². The number of rotatable bonds is 2. The molecule has 2 fully saturated rings. The van der Waals surface area contributed by atoms with Crippen LogP contribution in [0.15, 0.2) is 0 Å². The molecular weight excluding hydrogens is 200 g/mol. The molecule has 0 bridgehead atoms. The summed E-state index contributed by atoms with van der Waals surface area (Å²) in [5.74, 6) is -1.18. The van der Waals surface area contributed by atoms with Gasteiger partial charge in [0, 0.05) is 26.1 Å². The summed E-state index contributed by atoms with van der Waals surface area (Å²) in [7, 11) is 0. The Labute approximate surface area is 87.2 Å². The average Bonchev–Trinajstić information content (AvgIpc) is 2.64. The number of carboxylic acid groups (broad SMARTS) is 1. The van der Waals surface area contributed by atoms with E-state index in [1.807, 2.05) is 0 Å². The van der Waals surface area contributed by atoms with Crippen LogP contribution in [0.4, 0.5) is 0 Å². The number of nitrogens with zero attached hydrogens (tertiary/aromatic N) is 1. The number of hydrogen-bond donors (Lipinski definition) is 2. The molecule has 2 unspecified atom stereocenters. The van der Waals surface area contributed by atoms with Crippen molar-refractivity contribution in [2.24, 2.45) is 0 Å². The zero-order chi connectivity index (χ0) is 10.8. The maximum Gasteiger partial charge on any atom is 0.323 e. The molecule has 0 aliphatic carbocycles. The van der Waals surface area contributed by atoms with Gasteiger partial charge in [-0.3, -0.25) is 14.5 Å². The van der Waals surface area contributed by atoms with Crippen LogP contribution >= 0.6 is 0 Å². The molecule has 0 saturated carbocycles. The first-order valence-corrected chi connectivity index (χ1v) is 5.06. The zero-order valence-corrected chi connectivity index (χ0v) is 8.31. The molecule has 0 aromatic rings. The molecule has 6 heteroatoms. The number of piperazine rings is 1. The minimum absolute atomic E-state index is 0.289. The lowest BCUT2D eigenvalue weighted by molar-refractivity contribution is -0.149. The molecule has 0 amide bonds. The highest BCUT2D eigenvalue weighted by Crippen LogP contribution is 2.18. The van der Waals surface area contributed by atoms with E-state index >= 15 is 0 Å². The first-order chi connectivity index (χ1) is 7.20. The summed E-state index contributed by atoms with van der Waals surface area (Å²) < 4.78 is 4.85. The maximum atomic E-state index is 11.4. The average molecular weight is 214 g/mol. The Morgan fingerprint density at radius 3 is 3.00 bits per heavy atom. The van der Waals surface area contributed by atoms with Crippen LogP contribution in [-0.4, -0.2) is 60.3 Å². The molecular formula is C9H14N2O4. The number of carbonyl (C=O) groups excluding carboxylic acids is 1. The molecule has 84 valence electrons. The Balaban J connectivity index is 2.10. The van der Waals surface area contributed by atoms with Crippen molar-refractivity contribution in [2.45, 2.75) is 18.5 Å². The molecule has 6 nitrogen and oxygen atoms in total. The predicted octanol–water partition coefficient (Wildman–Crippen LogP) is -1.34. The van der Waals surface area contributed by atoms with Gasteiger partial charge < -0.3 is 15.2 Å². The number of aliphatic carboxylic acids is 1. The highest BCUT2D eigenvalue weighted by atomic mass is 16.5. The number of nitrogens with one attached hydrogen (secondary N) is 1. The third kappa shape index (κ3) is 1.95. The van der Waals surface area contributed by atoms with Crippen LogP contribution in [0.2, 0.25) is 0 Å². The molecule has 0 radical (unpaired) electrons. The van der Waals surface area contributed by atoms with Gasteiger partial charge in [0.05, 0.1) is 6.61 Å². The SMILES string of the molecule is O=C(O)C1CNCCN1C1CCOC1=O. The van der Waals surface area contributed by atoms with Gasteiger partial charge in [-0.05, 0) is 0 Å². The number of ether oxygens (including phenoxy) is 1. The Morgan fingerprint density at radius 1 is 1.60 bits per heavy atom. The summed E-state index contributed by atoms with van der Waals surface area (Å²) in [5, 5.41) is 12.0. The Morgan fingerprint density at radius 2 is 2.40 bits per heavy atom. The number of carbonyl (C=O) groups is 2. The maximum absolute atomic E-state index is 11.4. The Kier molecular flexibility index (Phi) is 2.88. The van der Waals surface area contributed by atoms with Crippen molar-refractivity contribution in [3.05, 3.63) is 0 Å². The van der Waals surface area contributed by atoms with Crippen LogP contribution in [0.1, 0.15) is 6.42 Å². The van der Waals surface area contributed by atoms with Gasteiger partial charge in [0.15, 0.2) is 0 Å². The first kappa shape index (κ1) is 10.4. The van der Waals surface area contributed by atoms with Gasteiger partial charge in [0.25, 0.3) is 0 Å². The van der Waals surface area contributed by atoms with Gasteiger partial charge >= 0.3 is 11.9 Å². The van der Waals surface area contributed by atoms with Gasteiger partial charge in [-0.15, -0.1) is 0 Å². The molecule has 2 N–H and O–H groups in total. The second kappa shape index (κ2) is 4.16. The quantitative estimate of drug-likeness (QED) is 0.554. The highest BCUT2D eigenvalue weighted by molar-refractivity contribution is 5.80. The highest BCUT2D eigenvalue weighted by Gasteiger charge is 2.40. The van der Waals surface area contributed by atoms with E-state index < -0.39 is 12.0 Å². The molecule has 0 spiro atoms. The normalized spacial score (nSPS) is 32.7. The van der Waals surface area contributed by atoms with E-state index in [0.29, 0.717) is 32.7 Å². The topological polar surface area (TPSA) is 78.9 Å². The third-order valence-corrected chi connectivity index (χ3v) is 2.88. The fraction of sp³-hybridized carbons (Fsp3) is 0.778. The summed E-state index contributed by atoms with van der Waals surface area (Å²) in [6.07, 6.45) is 0.600. The van der Waals surface area contributed by atoms with Gasteiger partial charge in [0.1, 0.15) is 12.1 Å². The van der Waals surface area contributed by atoms with E-state index in [4.69, 9.17) is 9.84 Å². The summed E-state index contributed by atoms with van der Waals surface area (Å²) in [6.45, 7) is 2.09. The number of carboxylic acids is 1. The van der Waals surface area contributed by atoms with Gasteiger partial charge in [-0.25, -0.2) is 0 Å². The van der Waals surface area contributed by atoms with Gasteiger partial charge in [0.2, 0.25) is 0 Å². The Bertz CT molecular complexity index is 279. The minimum Gasteiger partial charge on any atom is -0.480 e. The fourth-order valence-electron chi connectivity index (χ4n) is 2.11. The molecule has 0 aromatic heterocycles. The number of cyclic esters (lactones) is 1. The summed E-state index contributed by atoms with van der Waals surface area (Å²) in [6, 6.07) is -0.984. The smallest absolute Gasteiger partial charge is 0.323 e. The Hall–Kier alpha value is -1.14. The van der Waals surface area contributed by atoms with Crippen molar-refractivity contribution >= 4 is 11.9 Å². The monoisotopic (exact) mass is 214 g/mol. The lowest BCUT2D eigenvalue weighted by atomic mass is 10.1. The molecule has 2 saturated heterocycles. The van der Waals surface area contributed by atoms with Crippen molar-refractivity contribution in [3.63, 3.8) is 0 Å². The van der Waals surface area contributed by atoms with Crippen LogP contribution in [-0.2, 0) is 14.3 Å². The molecule has 15 heavy (non-hydrogen) atoms. The van der Waals surface area contributed by atoms with Crippen molar-refractivity contribution in [1.29, 1.82) is 0 Å². The first-order valence-electron chi connectivity index (χ1n) is 5.06. The molecule has 2 aliphatic rings. The van der Waals surface area contributed by atoms with Crippen LogP contribution in [0.3, 0.4) is 0 Å². The van der Waals surface area contributed by atoms with Crippen LogP contribution in [0, 0.1) is 0 Å². The van der Waals surface area contributed by atoms with Crippen molar-refractivity contribution in [1.82, 2.24) is 10.2 Å². The zero-order valence-electron chi connectivity index (χ0n) is 8.31. The summed E-state index contributed by atoms with van der Waals surface area (Å²) >= 11 is 0.